The number of fused-ring (bicyclic) bond motifs is 5. The molecule has 4 fully saturated rings. The van der Waals surface area contributed by atoms with Gasteiger partial charge < -0.3 is 36.3 Å². The molecule has 0 aliphatic heterocycles. The van der Waals surface area contributed by atoms with Crippen LogP contribution in [0.4, 0.5) is 0 Å². The van der Waals surface area contributed by atoms with E-state index in [1.165, 1.54) is 148 Å². The average Bonchev–Trinajstić information content (AvgIpc) is 3.56. The van der Waals surface area contributed by atoms with E-state index in [-0.39, 0.29) is 5.41 Å². The number of hydrogen-bond acceptors (Lipinski definition) is 7. The lowest BCUT2D eigenvalue weighted by Crippen LogP contribution is -2.63. The number of unbranched alkanes of at least 4 members (excludes halogenated alkanes) is 10. The van der Waals surface area contributed by atoms with E-state index in [4.69, 9.17) is 31.4 Å². The van der Waals surface area contributed by atoms with Crippen LogP contribution in [0.25, 0.3) is 0 Å². The lowest BCUT2D eigenvalue weighted by Gasteiger charge is -2.65. The molecular weight excluding hydrogens is 693 g/mol. The van der Waals surface area contributed by atoms with Gasteiger partial charge in [-0.05, 0) is 170 Å². The first-order valence-corrected chi connectivity index (χ1v) is 25.0. The van der Waals surface area contributed by atoms with Crippen LogP contribution in [-0.4, -0.2) is 82.3 Å². The fraction of sp³-hybridized carbons (Fsp3) is 1.00. The van der Waals surface area contributed by atoms with Crippen molar-refractivity contribution in [2.75, 3.05) is 59.1 Å². The maximum absolute atomic E-state index is 7.13. The topological polar surface area (TPSA) is 109 Å². The Morgan fingerprint density at radius 3 is 1.80 bits per heavy atom. The van der Waals surface area contributed by atoms with Crippen LogP contribution in [0.1, 0.15) is 189 Å². The number of nitrogens with zero attached hydrogens (tertiary/aromatic N) is 1. The van der Waals surface area contributed by atoms with Crippen molar-refractivity contribution in [1.29, 1.82) is 0 Å². The summed E-state index contributed by atoms with van der Waals surface area (Å²) in [4.78, 5) is 2.86. The predicted octanol–water partition coefficient (Wildman–Crippen LogP) is 10.5. The molecule has 4 aliphatic rings. The molecule has 11 atom stereocenters. The zero-order chi connectivity index (χ0) is 40.2. The summed E-state index contributed by atoms with van der Waals surface area (Å²) in [6, 6.07) is 0. The molecule has 4 rings (SSSR count). The summed E-state index contributed by atoms with van der Waals surface area (Å²) in [6.07, 6.45) is 31.8. The second kappa shape index (κ2) is 26.1. The second-order valence-electron chi connectivity index (χ2n) is 20.0. The van der Waals surface area contributed by atoms with Crippen LogP contribution >= 0.6 is 0 Å². The molecule has 0 aromatic rings. The summed E-state index contributed by atoms with van der Waals surface area (Å²) >= 11 is 0. The first-order chi connectivity index (χ1) is 27.3. The van der Waals surface area contributed by atoms with Crippen molar-refractivity contribution >= 4 is 0 Å². The van der Waals surface area contributed by atoms with Crippen LogP contribution in [0.15, 0.2) is 0 Å². The lowest BCUT2D eigenvalue weighted by atomic mass is 9.43. The minimum atomic E-state index is 0.174. The Bertz CT molecular complexity index is 1000. The molecule has 0 aromatic carbocycles. The molecule has 7 heteroatoms. The van der Waals surface area contributed by atoms with Gasteiger partial charge in [-0.3, -0.25) is 0 Å². The van der Waals surface area contributed by atoms with Gasteiger partial charge in [-0.1, -0.05) is 98.8 Å². The zero-order valence-electron chi connectivity index (χ0n) is 37.9. The largest absolute Gasteiger partial charge is 0.378 e. The molecule has 0 spiro atoms. The molecule has 7 nitrogen and oxygen atoms in total. The van der Waals surface area contributed by atoms with Crippen molar-refractivity contribution in [1.82, 2.24) is 4.90 Å². The highest BCUT2D eigenvalue weighted by Gasteiger charge is 2.66. The normalized spacial score (nSPS) is 33.4. The summed E-state index contributed by atoms with van der Waals surface area (Å²) in [6.45, 7) is 21.0. The van der Waals surface area contributed by atoms with Crippen LogP contribution in [0.3, 0.4) is 0 Å². The zero-order valence-corrected chi connectivity index (χ0v) is 37.9. The van der Waals surface area contributed by atoms with Crippen LogP contribution in [-0.2, 0) is 14.2 Å². The van der Waals surface area contributed by atoms with Crippen molar-refractivity contribution in [2.45, 2.75) is 207 Å². The van der Waals surface area contributed by atoms with E-state index in [0.29, 0.717) is 78.9 Å². The molecule has 6 N–H and O–H groups in total. The Kier molecular flexibility index (Phi) is 22.6. The van der Waals surface area contributed by atoms with Crippen LogP contribution < -0.4 is 17.2 Å². The molecule has 0 bridgehead atoms. The Hall–Kier alpha value is -0.280. The van der Waals surface area contributed by atoms with E-state index >= 15 is 0 Å². The molecule has 1 unspecified atom stereocenters. The summed E-state index contributed by atoms with van der Waals surface area (Å²) < 4.78 is 20.6. The SMILES string of the molecule is CCCCCCCCN(CCCCCCCC)CCC[C@@H](C)C1CC[C@H]2[C@@H]3[C@H](OCCCN)C[C@@H]4C[C@H](OCCCN)CC[C@]4(C)[C@H]3C[C@H](OCCCN)[C@]12C. The lowest BCUT2D eigenvalue weighted by molar-refractivity contribution is -0.227. The molecular formula is C49H96N4O3. The fourth-order valence-corrected chi connectivity index (χ4v) is 13.0. The van der Waals surface area contributed by atoms with Gasteiger partial charge in [-0.25, -0.2) is 0 Å². The predicted molar refractivity (Wildman–Crippen MR) is 238 cm³/mol. The minimum absolute atomic E-state index is 0.174. The third kappa shape index (κ3) is 13.4. The highest BCUT2D eigenvalue weighted by atomic mass is 16.5. The van der Waals surface area contributed by atoms with Crippen molar-refractivity contribution in [2.24, 2.45) is 63.5 Å². The molecule has 0 amide bonds. The molecule has 56 heavy (non-hydrogen) atoms. The number of nitrogens with two attached hydrogens (primary N) is 3. The number of rotatable bonds is 31. The van der Waals surface area contributed by atoms with Crippen molar-refractivity contribution in [3.63, 3.8) is 0 Å². The van der Waals surface area contributed by atoms with Gasteiger partial charge >= 0.3 is 0 Å². The molecule has 4 aliphatic carbocycles. The van der Waals surface area contributed by atoms with Gasteiger partial charge in [0, 0.05) is 25.2 Å². The third-order valence-corrected chi connectivity index (χ3v) is 16.3. The van der Waals surface area contributed by atoms with Gasteiger partial charge in [0.15, 0.2) is 0 Å². The summed E-state index contributed by atoms with van der Waals surface area (Å²) in [5, 5.41) is 0. The Morgan fingerprint density at radius 2 is 1.18 bits per heavy atom. The van der Waals surface area contributed by atoms with E-state index in [1.807, 2.05) is 0 Å². The van der Waals surface area contributed by atoms with Crippen molar-refractivity contribution in [3.05, 3.63) is 0 Å². The molecule has 0 radical (unpaired) electrons. The fourth-order valence-electron chi connectivity index (χ4n) is 13.0. The van der Waals surface area contributed by atoms with Gasteiger partial charge in [0.2, 0.25) is 0 Å². The first-order valence-electron chi connectivity index (χ1n) is 25.0. The Morgan fingerprint density at radius 1 is 0.607 bits per heavy atom. The van der Waals surface area contributed by atoms with Gasteiger partial charge in [0.1, 0.15) is 0 Å². The first kappa shape index (κ1) is 48.4. The van der Waals surface area contributed by atoms with Gasteiger partial charge in [0.05, 0.1) is 18.3 Å². The Labute approximate surface area is 347 Å². The monoisotopic (exact) mass is 789 g/mol. The highest BCUT2D eigenvalue weighted by Crippen LogP contribution is 2.69. The second-order valence-corrected chi connectivity index (χ2v) is 20.0. The minimum Gasteiger partial charge on any atom is -0.378 e. The molecule has 330 valence electrons. The maximum atomic E-state index is 7.13. The van der Waals surface area contributed by atoms with Gasteiger partial charge in [-0.2, -0.15) is 0 Å². The van der Waals surface area contributed by atoms with E-state index in [2.05, 4.69) is 39.5 Å². The third-order valence-electron chi connectivity index (χ3n) is 16.3. The quantitative estimate of drug-likeness (QED) is 0.0600. The van der Waals surface area contributed by atoms with Gasteiger partial charge in [-0.15, -0.1) is 0 Å². The smallest absolute Gasteiger partial charge is 0.0637 e. The summed E-state index contributed by atoms with van der Waals surface area (Å²) in [5.41, 5.74) is 18.4. The highest BCUT2D eigenvalue weighted by molar-refractivity contribution is 5.15. The van der Waals surface area contributed by atoms with Crippen LogP contribution in [0, 0.1) is 46.3 Å². The summed E-state index contributed by atoms with van der Waals surface area (Å²) in [7, 11) is 0. The summed E-state index contributed by atoms with van der Waals surface area (Å²) in [5.74, 6) is 3.91. The van der Waals surface area contributed by atoms with Crippen molar-refractivity contribution < 1.29 is 14.2 Å². The van der Waals surface area contributed by atoms with Crippen LogP contribution in [0.2, 0.25) is 0 Å². The Balaban J connectivity index is 1.47. The average molecular weight is 789 g/mol. The van der Waals surface area contributed by atoms with Gasteiger partial charge in [0.25, 0.3) is 0 Å². The van der Waals surface area contributed by atoms with Crippen LogP contribution in [0.5, 0.6) is 0 Å². The molecule has 0 heterocycles. The molecule has 4 saturated carbocycles. The van der Waals surface area contributed by atoms with E-state index in [1.54, 1.807) is 0 Å². The van der Waals surface area contributed by atoms with E-state index in [0.717, 1.165) is 45.5 Å². The maximum Gasteiger partial charge on any atom is 0.0637 e. The standard InChI is InChI=1S/C49H96N4O3/c1-6-8-10-12-14-16-30-53(31-17-15-13-11-9-7-2)32-18-22-39(3)42-23-24-43-47-44(38-46(49(42,43)5)56-35-21-29-52)48(4)26-25-41(54-33-19-27-50)36-40(48)37-45(47)55-34-20-28-51/h39-47H,6-38,50-52H2,1-5H3/t39-,40+,41-,42?,43+,44+,45-,46+,47+,48+,49-/m1/s1. The van der Waals surface area contributed by atoms with E-state index in [9.17, 15) is 0 Å². The van der Waals surface area contributed by atoms with Crippen molar-refractivity contribution in [3.8, 4) is 0 Å². The number of ether oxygens (including phenoxy) is 3. The van der Waals surface area contributed by atoms with E-state index < -0.39 is 0 Å². The molecule has 0 aromatic heterocycles. The number of hydrogen-bond donors (Lipinski definition) is 3. The molecule has 0 saturated heterocycles.